The molecule has 0 unspecified atom stereocenters. The maximum Gasteiger partial charge on any atom is 0.302 e. The van der Waals surface area contributed by atoms with Gasteiger partial charge in [-0.3, -0.25) is 19.4 Å². The van der Waals surface area contributed by atoms with E-state index in [2.05, 4.69) is 15.0 Å². The Labute approximate surface area is 324 Å². The molecule has 3 aromatic carbocycles. The van der Waals surface area contributed by atoms with Gasteiger partial charge >= 0.3 is 5.91 Å². The van der Waals surface area contributed by atoms with Gasteiger partial charge in [-0.15, -0.1) is 0 Å². The van der Waals surface area contributed by atoms with E-state index in [9.17, 15) is 49.8 Å². The second kappa shape index (κ2) is 16.4. The molecule has 8 N–H and O–H groups in total. The van der Waals surface area contributed by atoms with Crippen molar-refractivity contribution >= 4 is 47.0 Å². The molecule has 0 radical (unpaired) electrons. The van der Waals surface area contributed by atoms with Gasteiger partial charge < -0.3 is 60.3 Å². The predicted molar refractivity (Wildman–Crippen MR) is 200 cm³/mol. The number of ether oxygens (including phenoxy) is 3. The first kappa shape index (κ1) is 39.5. The molecule has 0 saturated carbocycles. The number of hydrogen-bond acceptors (Lipinski definition) is 17. The zero-order valence-corrected chi connectivity index (χ0v) is 30.2. The first-order chi connectivity index (χ1) is 27.5. The molecule has 1 aliphatic carbocycles. The molecule has 1 fully saturated rings. The number of amidine groups is 1. The summed E-state index contributed by atoms with van der Waals surface area (Å²) < 4.78 is 18.3. The topological polar surface area (TPSA) is 284 Å². The highest BCUT2D eigenvalue weighted by Crippen LogP contribution is 2.49. The van der Waals surface area contributed by atoms with Gasteiger partial charge in [0.15, 0.2) is 34.6 Å². The summed E-state index contributed by atoms with van der Waals surface area (Å²) in [5.41, 5.74) is 6.74. The molecule has 3 heterocycles. The van der Waals surface area contributed by atoms with E-state index < -0.39 is 73.4 Å². The van der Waals surface area contributed by atoms with Crippen LogP contribution in [0.5, 0.6) is 11.5 Å². The standard InChI is InChI=1S/C39H39N5O13/c40-39-42-36-28(37(54)43-39)41-17-44(36)25-10-4-3-6-20(25)19(9-5-12-45)23-14-24-27(30(50)22-8-2-1-7-21(22)29(24)49)35(55-16-18(48)11-13-46)34(23)57-38-33(53)32(52)31(51)26(15-47)56-38/h1-4,6-8,10,13-14,18-19,26,31-33,38,45,47-48,51-53H,5,9,11-12,15-17H2,(H2,40,43,54)/t18-,19+,26+,31+,32-,33+,38-/m1/s1. The second-order valence-corrected chi connectivity index (χ2v) is 13.7. The van der Waals surface area contributed by atoms with Crippen molar-refractivity contribution in [3.63, 3.8) is 0 Å². The molecule has 18 heteroatoms. The normalized spacial score (nSPS) is 23.8. The average Bonchev–Trinajstić information content (AvgIpc) is 3.64. The molecule has 0 spiro atoms. The number of fused-ring (bicyclic) bond motifs is 3. The van der Waals surface area contributed by atoms with Crippen LogP contribution in [0.25, 0.3) is 0 Å². The fraction of sp³-hybridized carbons (Fsp3) is 0.359. The number of hydrogen-bond donors (Lipinski definition) is 7. The number of nitrogens with zero attached hydrogens (tertiary/aromatic N) is 4. The molecule has 3 aliphatic heterocycles. The molecular weight excluding hydrogens is 746 g/mol. The molecule has 0 bridgehead atoms. The number of carbonyl (C=O) groups is 4. The zero-order valence-electron chi connectivity index (χ0n) is 30.2. The largest absolute Gasteiger partial charge is 0.486 e. The summed E-state index contributed by atoms with van der Waals surface area (Å²) >= 11 is 0. The Morgan fingerprint density at radius 1 is 0.912 bits per heavy atom. The smallest absolute Gasteiger partial charge is 0.302 e. The fourth-order valence-electron chi connectivity index (χ4n) is 7.35. The predicted octanol–water partition coefficient (Wildman–Crippen LogP) is -0.654. The Bertz CT molecular complexity index is 2200. The molecule has 3 aromatic rings. The minimum atomic E-state index is -1.93. The third-order valence-corrected chi connectivity index (χ3v) is 10.1. The molecule has 0 aromatic heterocycles. The van der Waals surface area contributed by atoms with Crippen molar-refractivity contribution < 1.29 is 64.0 Å². The van der Waals surface area contributed by atoms with E-state index in [0.717, 1.165) is 0 Å². The van der Waals surface area contributed by atoms with E-state index in [1.54, 1.807) is 41.3 Å². The van der Waals surface area contributed by atoms with E-state index in [0.29, 0.717) is 17.5 Å². The maximum absolute atomic E-state index is 14.4. The summed E-state index contributed by atoms with van der Waals surface area (Å²) in [6.45, 7) is -1.71. The number of benzene rings is 3. The highest BCUT2D eigenvalue weighted by molar-refractivity contribution is 6.72. The highest BCUT2D eigenvalue weighted by atomic mass is 16.7. The molecule has 298 valence electrons. The fourth-order valence-corrected chi connectivity index (χ4v) is 7.35. The minimum absolute atomic E-state index is 0.0151. The first-order valence-electron chi connectivity index (χ1n) is 18.1. The van der Waals surface area contributed by atoms with Crippen molar-refractivity contribution in [3.05, 3.63) is 88.0 Å². The van der Waals surface area contributed by atoms with Crippen LogP contribution in [0.15, 0.2) is 69.6 Å². The number of nitrogens with two attached hydrogens (primary N) is 1. The number of anilines is 1. The van der Waals surface area contributed by atoms with Crippen LogP contribution in [0.3, 0.4) is 0 Å². The number of rotatable bonds is 14. The summed E-state index contributed by atoms with van der Waals surface area (Å²) in [5.74, 6) is -3.58. The Balaban J connectivity index is 1.48. The summed E-state index contributed by atoms with van der Waals surface area (Å²) in [7, 11) is 0. The molecule has 7 atom stereocenters. The van der Waals surface area contributed by atoms with Crippen molar-refractivity contribution in [3.8, 4) is 11.5 Å². The lowest BCUT2D eigenvalue weighted by Crippen LogP contribution is -2.60. The van der Waals surface area contributed by atoms with Gasteiger partial charge in [0.05, 0.1) is 18.3 Å². The van der Waals surface area contributed by atoms with E-state index in [-0.39, 0.29) is 89.4 Å². The summed E-state index contributed by atoms with van der Waals surface area (Å²) in [6, 6.07) is 14.5. The number of amides is 1. The molecular formula is C39H39N5O13. The lowest BCUT2D eigenvalue weighted by atomic mass is 9.78. The number of aliphatic hydroxyl groups is 6. The Kier molecular flexibility index (Phi) is 11.4. The first-order valence-corrected chi connectivity index (χ1v) is 18.1. The van der Waals surface area contributed by atoms with Crippen LogP contribution in [0.2, 0.25) is 0 Å². The number of aliphatic hydroxyl groups excluding tert-OH is 6. The number of para-hydroxylation sites is 1. The van der Waals surface area contributed by atoms with Crippen LogP contribution in [0, 0.1) is 0 Å². The number of aldehydes is 1. The molecule has 1 amide bonds. The van der Waals surface area contributed by atoms with Crippen molar-refractivity contribution in [1.29, 1.82) is 0 Å². The van der Waals surface area contributed by atoms with Gasteiger partial charge in [0.1, 0.15) is 44.0 Å². The van der Waals surface area contributed by atoms with Crippen molar-refractivity contribution in [2.75, 3.05) is 31.4 Å². The third kappa shape index (κ3) is 7.23. The number of ketones is 2. The summed E-state index contributed by atoms with van der Waals surface area (Å²) in [5, 5.41) is 63.2. The minimum Gasteiger partial charge on any atom is -0.486 e. The van der Waals surface area contributed by atoms with Crippen LogP contribution < -0.4 is 20.1 Å². The van der Waals surface area contributed by atoms with E-state index in [1.807, 2.05) is 0 Å². The van der Waals surface area contributed by atoms with Gasteiger partial charge in [-0.2, -0.15) is 9.98 Å². The van der Waals surface area contributed by atoms with Gasteiger partial charge in [0.2, 0.25) is 12.2 Å². The third-order valence-electron chi connectivity index (χ3n) is 10.1. The number of aliphatic imine (C=N–C) groups is 3. The Morgan fingerprint density at radius 2 is 1.63 bits per heavy atom. The number of guanidine groups is 1. The average molecular weight is 786 g/mol. The SMILES string of the molecule is NC1=NC(=O)C2=NCN(c3ccccc3[C@H](CCCO)c3cc4c(c(OC[C@H](O)CC=O)c3O[C@H]3O[C@@H](CO)[C@H](O)[C@@H](O)[C@@H]3O)C(=O)c3ccccc3C4=O)C2=N1. The van der Waals surface area contributed by atoms with Gasteiger partial charge in [-0.05, 0) is 30.5 Å². The van der Waals surface area contributed by atoms with Gasteiger partial charge in [-0.25, -0.2) is 0 Å². The van der Waals surface area contributed by atoms with Crippen LogP contribution in [-0.4, -0.2) is 135 Å². The van der Waals surface area contributed by atoms with E-state index in [1.165, 1.54) is 18.2 Å². The lowest BCUT2D eigenvalue weighted by Gasteiger charge is -2.40. The highest BCUT2D eigenvalue weighted by Gasteiger charge is 2.47. The molecule has 4 aliphatic rings. The van der Waals surface area contributed by atoms with Gasteiger partial charge in [0, 0.05) is 46.9 Å². The van der Waals surface area contributed by atoms with Crippen molar-refractivity contribution in [2.45, 2.75) is 62.0 Å². The van der Waals surface area contributed by atoms with E-state index >= 15 is 0 Å². The quantitative estimate of drug-likeness (QED) is 0.0782. The van der Waals surface area contributed by atoms with Crippen molar-refractivity contribution in [1.82, 2.24) is 0 Å². The van der Waals surface area contributed by atoms with Crippen LogP contribution in [0.1, 0.15) is 68.2 Å². The molecule has 7 rings (SSSR count). The lowest BCUT2D eigenvalue weighted by molar-refractivity contribution is -0.277. The van der Waals surface area contributed by atoms with Gasteiger partial charge in [0.25, 0.3) is 0 Å². The van der Waals surface area contributed by atoms with Gasteiger partial charge in [-0.1, -0.05) is 42.5 Å². The van der Waals surface area contributed by atoms with Crippen molar-refractivity contribution in [2.24, 2.45) is 20.7 Å². The zero-order chi connectivity index (χ0) is 40.5. The van der Waals surface area contributed by atoms with Crippen LogP contribution >= 0.6 is 0 Å². The van der Waals surface area contributed by atoms with Crippen LogP contribution in [0.4, 0.5) is 5.69 Å². The summed E-state index contributed by atoms with van der Waals surface area (Å²) in [4.78, 5) is 66.7. The summed E-state index contributed by atoms with van der Waals surface area (Å²) in [6.07, 6.45) is -9.75. The Morgan fingerprint density at radius 3 is 2.35 bits per heavy atom. The van der Waals surface area contributed by atoms with E-state index in [4.69, 9.17) is 19.9 Å². The molecule has 18 nitrogen and oxygen atoms in total. The molecule has 57 heavy (non-hydrogen) atoms. The second-order valence-electron chi connectivity index (χ2n) is 13.7. The maximum atomic E-state index is 14.4. The van der Waals surface area contributed by atoms with Crippen LogP contribution in [-0.2, 0) is 14.3 Å². The Hall–Kier alpha value is -5.73. The monoisotopic (exact) mass is 785 g/mol. The number of carbonyl (C=O) groups excluding carboxylic acids is 4. The molecule has 1 saturated heterocycles.